The molecule has 2 heterocycles. The molecule has 0 saturated carbocycles. The number of hydrogen-bond acceptors (Lipinski definition) is 3. The van der Waals surface area contributed by atoms with Gasteiger partial charge in [0.25, 0.3) is 5.91 Å². The molecule has 4 rings (SSSR count). The van der Waals surface area contributed by atoms with Crippen LogP contribution in [0.3, 0.4) is 0 Å². The SMILES string of the molecule is Cc1cc2c(cc1O)N(PP)C[C@@H]1Cc3ccccc3N1C2=O. The minimum Gasteiger partial charge on any atom is -0.508 e. The van der Waals surface area contributed by atoms with Gasteiger partial charge in [0, 0.05) is 18.3 Å². The van der Waals surface area contributed by atoms with Crippen molar-refractivity contribution >= 4 is 34.6 Å². The number of anilines is 2. The molecule has 0 saturated heterocycles. The van der Waals surface area contributed by atoms with Crippen molar-refractivity contribution in [3.05, 3.63) is 53.1 Å². The first kappa shape index (κ1) is 14.9. The van der Waals surface area contributed by atoms with E-state index in [1.54, 1.807) is 6.07 Å². The minimum absolute atomic E-state index is 0.0313. The Labute approximate surface area is 139 Å². The largest absolute Gasteiger partial charge is 0.508 e. The average molecular weight is 344 g/mol. The number of aryl methyl sites for hydroxylation is 1. The number of aromatic hydroxyl groups is 1. The lowest BCUT2D eigenvalue weighted by Gasteiger charge is -2.26. The molecule has 2 aromatic carbocycles. The molecule has 0 radical (unpaired) electrons. The van der Waals surface area contributed by atoms with Crippen LogP contribution >= 0.6 is 17.3 Å². The van der Waals surface area contributed by atoms with Crippen molar-refractivity contribution in [3.63, 3.8) is 0 Å². The minimum atomic E-state index is 0.0313. The van der Waals surface area contributed by atoms with Crippen LogP contribution in [0.2, 0.25) is 0 Å². The molecule has 0 aromatic heterocycles. The van der Waals surface area contributed by atoms with Crippen LogP contribution < -0.4 is 9.57 Å². The van der Waals surface area contributed by atoms with Crippen molar-refractivity contribution in [2.24, 2.45) is 0 Å². The van der Waals surface area contributed by atoms with E-state index in [1.807, 2.05) is 36.1 Å². The summed E-state index contributed by atoms with van der Waals surface area (Å²) in [6.45, 7) is 2.61. The second-order valence-corrected chi connectivity index (χ2v) is 7.63. The highest BCUT2D eigenvalue weighted by molar-refractivity contribution is 8.03. The highest BCUT2D eigenvalue weighted by Crippen LogP contribution is 2.44. The Bertz CT molecular complexity index is 809. The average Bonchev–Trinajstić information content (AvgIpc) is 2.87. The Kier molecular flexibility index (Phi) is 3.55. The third-order valence-electron chi connectivity index (χ3n) is 4.68. The molecule has 3 atom stereocenters. The van der Waals surface area contributed by atoms with Crippen molar-refractivity contribution in [3.8, 4) is 5.75 Å². The maximum absolute atomic E-state index is 13.2. The molecule has 2 aliphatic rings. The van der Waals surface area contributed by atoms with Gasteiger partial charge in [-0.15, -0.1) is 0 Å². The highest BCUT2D eigenvalue weighted by Gasteiger charge is 2.39. The van der Waals surface area contributed by atoms with Crippen LogP contribution in [0.25, 0.3) is 0 Å². The van der Waals surface area contributed by atoms with Crippen molar-refractivity contribution in [2.45, 2.75) is 19.4 Å². The fourth-order valence-corrected chi connectivity index (χ4v) is 4.90. The van der Waals surface area contributed by atoms with E-state index in [0.717, 1.165) is 29.9 Å². The lowest BCUT2D eigenvalue weighted by molar-refractivity contribution is 0.0983. The molecular formula is C17H18N2O2P2. The van der Waals surface area contributed by atoms with Crippen molar-refractivity contribution < 1.29 is 9.90 Å². The van der Waals surface area contributed by atoms with Gasteiger partial charge in [-0.25, -0.2) is 0 Å². The highest BCUT2D eigenvalue weighted by atomic mass is 32.0. The molecule has 2 aromatic rings. The first-order valence-corrected chi connectivity index (χ1v) is 10.3. The molecule has 0 spiro atoms. The molecule has 1 N–H and O–H groups in total. The van der Waals surface area contributed by atoms with Crippen molar-refractivity contribution in [2.75, 3.05) is 16.1 Å². The smallest absolute Gasteiger partial charge is 0.260 e. The molecular weight excluding hydrogens is 326 g/mol. The number of carbonyl (C=O) groups excluding carboxylic acids is 1. The first-order chi connectivity index (χ1) is 11.1. The molecule has 2 aliphatic heterocycles. The van der Waals surface area contributed by atoms with Crippen LogP contribution in [0.1, 0.15) is 21.5 Å². The fourth-order valence-electron chi connectivity index (χ4n) is 3.52. The van der Waals surface area contributed by atoms with Gasteiger partial charge < -0.3 is 14.7 Å². The van der Waals surface area contributed by atoms with E-state index in [4.69, 9.17) is 0 Å². The zero-order valence-electron chi connectivity index (χ0n) is 12.8. The summed E-state index contributed by atoms with van der Waals surface area (Å²) in [5.41, 5.74) is 4.49. The Morgan fingerprint density at radius 1 is 1.26 bits per heavy atom. The molecule has 0 aliphatic carbocycles. The number of benzene rings is 2. The summed E-state index contributed by atoms with van der Waals surface area (Å²) in [5, 5.41) is 10.1. The number of phenols is 1. The summed E-state index contributed by atoms with van der Waals surface area (Å²) in [6, 6.07) is 11.8. The van der Waals surface area contributed by atoms with Gasteiger partial charge in [-0.05, 0) is 45.0 Å². The second kappa shape index (κ2) is 5.47. The number of para-hydroxylation sites is 1. The fraction of sp³-hybridized carbons (Fsp3) is 0.235. The molecule has 0 bridgehead atoms. The summed E-state index contributed by atoms with van der Waals surface area (Å²) in [5.74, 6) is 0.274. The standard InChI is InChI=1S/C17H18N2O2P2/c1-10-6-13-15(8-16(10)20)18(23-22)9-12-7-11-4-2-3-5-14(11)19(12)17(13)21/h2-6,8,12,20,23H,7,9,22H2,1H3/t12-/m0/s1. The second-order valence-electron chi connectivity index (χ2n) is 6.06. The number of carbonyl (C=O) groups is 1. The molecule has 23 heavy (non-hydrogen) atoms. The summed E-state index contributed by atoms with van der Waals surface area (Å²) in [4.78, 5) is 15.2. The molecule has 2 unspecified atom stereocenters. The van der Waals surface area contributed by atoms with E-state index in [1.165, 1.54) is 5.56 Å². The molecule has 0 fully saturated rings. The van der Waals surface area contributed by atoms with E-state index >= 15 is 0 Å². The monoisotopic (exact) mass is 344 g/mol. The van der Waals surface area contributed by atoms with Gasteiger partial charge in [0.05, 0.1) is 17.3 Å². The summed E-state index contributed by atoms with van der Waals surface area (Å²) in [6.07, 6.45) is 0.881. The lowest BCUT2D eigenvalue weighted by Crippen LogP contribution is -2.40. The van der Waals surface area contributed by atoms with E-state index in [-0.39, 0.29) is 17.7 Å². The quantitative estimate of drug-likeness (QED) is 0.806. The Hall–Kier alpha value is -1.63. The zero-order valence-corrected chi connectivity index (χ0v) is 14.9. The number of hydrogen-bond donors (Lipinski definition) is 1. The van der Waals surface area contributed by atoms with Gasteiger partial charge in [-0.3, -0.25) is 4.79 Å². The van der Waals surface area contributed by atoms with Gasteiger partial charge in [0.1, 0.15) is 5.75 Å². The van der Waals surface area contributed by atoms with Crippen molar-refractivity contribution in [1.29, 1.82) is 0 Å². The van der Waals surface area contributed by atoms with Crippen LogP contribution in [0.5, 0.6) is 5.75 Å². The van der Waals surface area contributed by atoms with Gasteiger partial charge in [-0.1, -0.05) is 27.1 Å². The number of phenolic OH excluding ortho intramolecular Hbond substituents is 1. The van der Waals surface area contributed by atoms with Gasteiger partial charge >= 0.3 is 0 Å². The van der Waals surface area contributed by atoms with E-state index in [2.05, 4.69) is 19.7 Å². The van der Waals surface area contributed by atoms with E-state index < -0.39 is 0 Å². The van der Waals surface area contributed by atoms with E-state index in [9.17, 15) is 9.90 Å². The van der Waals surface area contributed by atoms with Crippen LogP contribution in [0.4, 0.5) is 11.4 Å². The molecule has 1 amide bonds. The number of amides is 1. The lowest BCUT2D eigenvalue weighted by atomic mass is 10.1. The molecule has 6 heteroatoms. The first-order valence-electron chi connectivity index (χ1n) is 7.59. The molecule has 118 valence electrons. The van der Waals surface area contributed by atoms with Gasteiger partial charge in [0.15, 0.2) is 0 Å². The maximum Gasteiger partial charge on any atom is 0.260 e. The van der Waals surface area contributed by atoms with Crippen LogP contribution in [-0.2, 0) is 6.42 Å². The Morgan fingerprint density at radius 2 is 2.04 bits per heavy atom. The third kappa shape index (κ3) is 2.24. The van der Waals surface area contributed by atoms with Crippen molar-refractivity contribution in [1.82, 2.24) is 0 Å². The Balaban J connectivity index is 1.90. The number of nitrogens with zero attached hydrogens (tertiary/aromatic N) is 2. The number of rotatable bonds is 1. The summed E-state index contributed by atoms with van der Waals surface area (Å²) >= 11 is 0. The summed E-state index contributed by atoms with van der Waals surface area (Å²) < 4.78 is 2.19. The van der Waals surface area contributed by atoms with Crippen LogP contribution in [-0.4, -0.2) is 23.6 Å². The Morgan fingerprint density at radius 3 is 2.83 bits per heavy atom. The topological polar surface area (TPSA) is 43.8 Å². The molecule has 4 nitrogen and oxygen atoms in total. The van der Waals surface area contributed by atoms with Gasteiger partial charge in [0.2, 0.25) is 0 Å². The normalized spacial score (nSPS) is 19.7. The van der Waals surface area contributed by atoms with Crippen LogP contribution in [0.15, 0.2) is 36.4 Å². The van der Waals surface area contributed by atoms with Crippen LogP contribution in [0, 0.1) is 6.92 Å². The third-order valence-corrected chi connectivity index (χ3v) is 6.35. The summed E-state index contributed by atoms with van der Waals surface area (Å²) in [7, 11) is 3.22. The predicted molar refractivity (Wildman–Crippen MR) is 99.0 cm³/mol. The van der Waals surface area contributed by atoms with Gasteiger partial charge in [-0.2, -0.15) is 0 Å². The van der Waals surface area contributed by atoms with E-state index in [0.29, 0.717) is 14.0 Å². The zero-order chi connectivity index (χ0) is 16.1. The maximum atomic E-state index is 13.2. The number of fused-ring (bicyclic) bond motifs is 4. The predicted octanol–water partition coefficient (Wildman–Crippen LogP) is 3.48.